The molecule has 0 unspecified atom stereocenters. The molecule has 0 saturated heterocycles. The highest BCUT2D eigenvalue weighted by atomic mass is 16.7. The average Bonchev–Trinajstić information content (AvgIpc) is 3.01. The minimum absolute atomic E-state index is 0.147. The fraction of sp³-hybridized carbons (Fsp3) is 0.400. The zero-order chi connectivity index (χ0) is 18.2. The summed E-state index contributed by atoms with van der Waals surface area (Å²) in [6.45, 7) is 6.47. The predicted octanol–water partition coefficient (Wildman–Crippen LogP) is 4.22. The molecule has 0 atom stereocenters. The Morgan fingerprint density at radius 3 is 2.64 bits per heavy atom. The summed E-state index contributed by atoms with van der Waals surface area (Å²) in [7, 11) is 0. The normalized spacial score (nSPS) is 12.7. The number of ether oxygens (including phenoxy) is 3. The fourth-order valence-corrected chi connectivity index (χ4v) is 2.32. The van der Waals surface area contributed by atoms with E-state index in [1.165, 1.54) is 5.57 Å². The number of rotatable bonds is 8. The first-order valence-corrected chi connectivity index (χ1v) is 8.33. The molecule has 134 valence electrons. The van der Waals surface area contributed by atoms with Gasteiger partial charge in [0.25, 0.3) is 0 Å². The highest BCUT2D eigenvalue weighted by Gasteiger charge is 2.18. The Hall–Kier alpha value is -2.56. The molecule has 1 aromatic rings. The molecule has 0 radical (unpaired) electrons. The Labute approximate surface area is 148 Å². The van der Waals surface area contributed by atoms with Crippen molar-refractivity contribution in [2.75, 3.05) is 13.4 Å². The molecule has 0 N–H and O–H groups in total. The molecule has 25 heavy (non-hydrogen) atoms. The molecule has 0 spiro atoms. The van der Waals surface area contributed by atoms with Gasteiger partial charge in [-0.3, -0.25) is 9.59 Å². The first-order chi connectivity index (χ1) is 12.0. The van der Waals surface area contributed by atoms with E-state index in [-0.39, 0.29) is 25.6 Å². The third-order valence-electron chi connectivity index (χ3n) is 3.77. The zero-order valence-corrected chi connectivity index (χ0v) is 15.0. The Kier molecular flexibility index (Phi) is 6.81. The van der Waals surface area contributed by atoms with Gasteiger partial charge in [-0.25, -0.2) is 0 Å². The first-order valence-electron chi connectivity index (χ1n) is 8.33. The van der Waals surface area contributed by atoms with E-state index >= 15 is 0 Å². The molecule has 1 heterocycles. The minimum Gasteiger partial charge on any atom is -0.461 e. The van der Waals surface area contributed by atoms with E-state index in [4.69, 9.17) is 14.2 Å². The summed E-state index contributed by atoms with van der Waals surface area (Å²) >= 11 is 0. The molecule has 1 aliphatic heterocycles. The number of allylic oxidation sites excluding steroid dienone is 3. The van der Waals surface area contributed by atoms with E-state index in [0.29, 0.717) is 17.1 Å². The molecular weight excluding hydrogens is 320 g/mol. The molecule has 1 aromatic carbocycles. The standard InChI is InChI=1S/C20H24O5/c1-14(2)5-4-6-15(3)9-10-23-20(22)12-17(21)16-7-8-18-19(11-16)25-13-24-18/h5,7-9,11H,4,6,10,12-13H2,1-3H3/b15-9+. The molecule has 0 bridgehead atoms. The number of ketones is 1. The van der Waals surface area contributed by atoms with Gasteiger partial charge in [-0.05, 0) is 57.9 Å². The van der Waals surface area contributed by atoms with Crippen molar-refractivity contribution in [3.8, 4) is 11.5 Å². The van der Waals surface area contributed by atoms with E-state index < -0.39 is 5.97 Å². The van der Waals surface area contributed by atoms with Crippen LogP contribution >= 0.6 is 0 Å². The Morgan fingerprint density at radius 2 is 1.88 bits per heavy atom. The van der Waals surface area contributed by atoms with Crippen LogP contribution in [-0.2, 0) is 9.53 Å². The van der Waals surface area contributed by atoms with Crippen molar-refractivity contribution in [3.05, 3.63) is 47.1 Å². The lowest BCUT2D eigenvalue weighted by Crippen LogP contribution is -2.11. The second-order valence-electron chi connectivity index (χ2n) is 6.22. The Balaban J connectivity index is 1.76. The maximum Gasteiger partial charge on any atom is 0.314 e. The summed E-state index contributed by atoms with van der Waals surface area (Å²) in [6.07, 6.45) is 5.67. The lowest BCUT2D eigenvalue weighted by Gasteiger charge is -2.04. The van der Waals surface area contributed by atoms with Gasteiger partial charge in [0.15, 0.2) is 17.3 Å². The van der Waals surface area contributed by atoms with Crippen LogP contribution < -0.4 is 9.47 Å². The maximum absolute atomic E-state index is 12.1. The molecule has 0 amide bonds. The number of hydrogen-bond acceptors (Lipinski definition) is 5. The van der Waals surface area contributed by atoms with Crippen molar-refractivity contribution < 1.29 is 23.8 Å². The molecule has 1 aliphatic rings. The predicted molar refractivity (Wildman–Crippen MR) is 94.9 cm³/mol. The molecule has 0 aromatic heterocycles. The number of Topliss-reactive ketones (excluding diaryl/α,β-unsaturated/α-hetero) is 1. The van der Waals surface area contributed by atoms with Crippen LogP contribution in [0, 0.1) is 0 Å². The van der Waals surface area contributed by atoms with Gasteiger partial charge in [0, 0.05) is 5.56 Å². The molecule has 5 heteroatoms. The molecule has 0 fully saturated rings. The van der Waals surface area contributed by atoms with Gasteiger partial charge in [0.05, 0.1) is 0 Å². The maximum atomic E-state index is 12.1. The van der Waals surface area contributed by atoms with Gasteiger partial charge < -0.3 is 14.2 Å². The highest BCUT2D eigenvalue weighted by molar-refractivity contribution is 6.06. The van der Waals surface area contributed by atoms with Gasteiger partial charge in [0.1, 0.15) is 13.0 Å². The first kappa shape index (κ1) is 18.8. The molecule has 5 nitrogen and oxygen atoms in total. The monoisotopic (exact) mass is 344 g/mol. The third-order valence-corrected chi connectivity index (χ3v) is 3.77. The zero-order valence-electron chi connectivity index (χ0n) is 15.0. The van der Waals surface area contributed by atoms with E-state index in [1.807, 2.05) is 13.0 Å². The number of carbonyl (C=O) groups is 2. The van der Waals surface area contributed by atoms with Crippen molar-refractivity contribution in [3.63, 3.8) is 0 Å². The highest BCUT2D eigenvalue weighted by Crippen LogP contribution is 2.32. The largest absolute Gasteiger partial charge is 0.461 e. The van der Waals surface area contributed by atoms with Gasteiger partial charge in [0.2, 0.25) is 6.79 Å². The van der Waals surface area contributed by atoms with E-state index in [2.05, 4.69) is 19.9 Å². The number of benzene rings is 1. The number of hydrogen-bond donors (Lipinski definition) is 0. The van der Waals surface area contributed by atoms with Crippen molar-refractivity contribution in [2.45, 2.75) is 40.0 Å². The second-order valence-corrected chi connectivity index (χ2v) is 6.22. The van der Waals surface area contributed by atoms with Crippen molar-refractivity contribution >= 4 is 11.8 Å². The second kappa shape index (κ2) is 9.06. The minimum atomic E-state index is -0.531. The summed E-state index contributed by atoms with van der Waals surface area (Å²) in [4.78, 5) is 23.9. The molecular formula is C20H24O5. The average molecular weight is 344 g/mol. The van der Waals surface area contributed by atoms with Crippen LogP contribution in [0.5, 0.6) is 11.5 Å². The lowest BCUT2D eigenvalue weighted by molar-refractivity contribution is -0.141. The van der Waals surface area contributed by atoms with E-state index in [1.54, 1.807) is 18.2 Å². The number of esters is 1. The fourth-order valence-electron chi connectivity index (χ4n) is 2.32. The van der Waals surface area contributed by atoms with Crippen LogP contribution in [-0.4, -0.2) is 25.2 Å². The summed E-state index contributed by atoms with van der Waals surface area (Å²) in [5.74, 6) is 0.297. The Morgan fingerprint density at radius 1 is 1.12 bits per heavy atom. The van der Waals surface area contributed by atoms with Crippen LogP contribution in [0.4, 0.5) is 0 Å². The smallest absolute Gasteiger partial charge is 0.314 e. The molecule has 2 rings (SSSR count). The summed E-state index contributed by atoms with van der Waals surface area (Å²) in [6, 6.07) is 4.88. The van der Waals surface area contributed by atoms with Crippen LogP contribution in [0.2, 0.25) is 0 Å². The molecule has 0 saturated carbocycles. The van der Waals surface area contributed by atoms with Crippen LogP contribution in [0.15, 0.2) is 41.5 Å². The SMILES string of the molecule is CC(C)=CCC/C(C)=C/COC(=O)CC(=O)c1ccc2c(c1)OCO2. The van der Waals surface area contributed by atoms with Crippen LogP contribution in [0.25, 0.3) is 0 Å². The lowest BCUT2D eigenvalue weighted by atomic mass is 10.1. The molecule has 0 aliphatic carbocycles. The van der Waals surface area contributed by atoms with Crippen molar-refractivity contribution in [1.29, 1.82) is 0 Å². The van der Waals surface area contributed by atoms with Gasteiger partial charge in [-0.15, -0.1) is 0 Å². The quantitative estimate of drug-likeness (QED) is 0.306. The third kappa shape index (κ3) is 6.10. The number of fused-ring (bicyclic) bond motifs is 1. The van der Waals surface area contributed by atoms with Crippen molar-refractivity contribution in [2.24, 2.45) is 0 Å². The summed E-state index contributed by atoms with van der Waals surface area (Å²) in [5, 5.41) is 0. The van der Waals surface area contributed by atoms with Crippen LogP contribution in [0.3, 0.4) is 0 Å². The van der Waals surface area contributed by atoms with Gasteiger partial charge in [-0.2, -0.15) is 0 Å². The van der Waals surface area contributed by atoms with Crippen molar-refractivity contribution in [1.82, 2.24) is 0 Å². The van der Waals surface area contributed by atoms with Gasteiger partial charge in [-0.1, -0.05) is 17.2 Å². The van der Waals surface area contributed by atoms with E-state index in [0.717, 1.165) is 18.4 Å². The summed E-state index contributed by atoms with van der Waals surface area (Å²) in [5.41, 5.74) is 2.86. The van der Waals surface area contributed by atoms with Gasteiger partial charge >= 0.3 is 5.97 Å². The van der Waals surface area contributed by atoms with Crippen LogP contribution in [0.1, 0.15) is 50.4 Å². The summed E-state index contributed by atoms with van der Waals surface area (Å²) < 4.78 is 15.5. The van der Waals surface area contributed by atoms with E-state index in [9.17, 15) is 9.59 Å². The topological polar surface area (TPSA) is 61.8 Å². The number of carbonyl (C=O) groups excluding carboxylic acids is 2. The Bertz CT molecular complexity index is 696.